The number of aryl methyl sites for hydroxylation is 1. The zero-order valence-corrected chi connectivity index (χ0v) is 15.5. The van der Waals surface area contributed by atoms with Gasteiger partial charge in [-0.25, -0.2) is 0 Å². The van der Waals surface area contributed by atoms with E-state index in [1.165, 1.54) is 0 Å². The van der Waals surface area contributed by atoms with Crippen LogP contribution in [0.3, 0.4) is 0 Å². The van der Waals surface area contributed by atoms with Gasteiger partial charge in [0.05, 0.1) is 0 Å². The van der Waals surface area contributed by atoms with E-state index in [1.54, 1.807) is 24.3 Å². The molecule has 5 heteroatoms. The molecule has 0 aliphatic carbocycles. The van der Waals surface area contributed by atoms with Crippen molar-refractivity contribution in [3.8, 4) is 0 Å². The van der Waals surface area contributed by atoms with Crippen LogP contribution in [0.25, 0.3) is 0 Å². The van der Waals surface area contributed by atoms with Crippen molar-refractivity contribution in [1.82, 2.24) is 5.32 Å². The smallest absolute Gasteiger partial charge is 0.251 e. The third-order valence-electron chi connectivity index (χ3n) is 4.35. The summed E-state index contributed by atoms with van der Waals surface area (Å²) in [5.74, 6) is -0.219. The number of nitrogens with two attached hydrogens (primary N) is 1. The average Bonchev–Trinajstić information content (AvgIpc) is 2.73. The van der Waals surface area contributed by atoms with Crippen molar-refractivity contribution < 1.29 is 9.59 Å². The SMILES string of the molecule is Nc1ccc(CCC(=O)Nc2ccc(C(=O)NCc3ccccc3)cc2)cc1. The fourth-order valence-corrected chi connectivity index (χ4v) is 2.75. The van der Waals surface area contributed by atoms with Crippen molar-refractivity contribution in [3.63, 3.8) is 0 Å². The maximum Gasteiger partial charge on any atom is 0.251 e. The van der Waals surface area contributed by atoms with E-state index in [1.807, 2.05) is 54.6 Å². The van der Waals surface area contributed by atoms with Crippen molar-refractivity contribution in [2.45, 2.75) is 19.4 Å². The van der Waals surface area contributed by atoms with E-state index in [0.29, 0.717) is 36.3 Å². The quantitative estimate of drug-likeness (QED) is 0.551. The van der Waals surface area contributed by atoms with Crippen molar-refractivity contribution in [2.75, 3.05) is 11.1 Å². The molecule has 5 nitrogen and oxygen atoms in total. The zero-order chi connectivity index (χ0) is 19.8. The molecule has 0 fully saturated rings. The molecular formula is C23H23N3O2. The second-order valence-electron chi connectivity index (χ2n) is 6.54. The molecule has 0 aliphatic heterocycles. The van der Waals surface area contributed by atoms with Crippen LogP contribution in [0.5, 0.6) is 0 Å². The topological polar surface area (TPSA) is 84.2 Å². The standard InChI is InChI=1S/C23H23N3O2/c24-20-11-6-17(7-12-20)8-15-22(27)26-21-13-9-19(10-14-21)23(28)25-16-18-4-2-1-3-5-18/h1-7,9-14H,8,15-16,24H2,(H,25,28)(H,26,27). The second kappa shape index (κ2) is 9.37. The molecule has 3 rings (SSSR count). The van der Waals surface area contributed by atoms with Gasteiger partial charge in [-0.1, -0.05) is 42.5 Å². The molecule has 0 saturated carbocycles. The molecule has 0 unspecified atom stereocenters. The fourth-order valence-electron chi connectivity index (χ4n) is 2.75. The number of benzene rings is 3. The van der Waals surface area contributed by atoms with Gasteiger partial charge in [-0.3, -0.25) is 9.59 Å². The Hall–Kier alpha value is -3.60. The van der Waals surface area contributed by atoms with Crippen LogP contribution in [0.1, 0.15) is 27.9 Å². The highest BCUT2D eigenvalue weighted by Gasteiger charge is 2.07. The molecule has 142 valence electrons. The summed E-state index contributed by atoms with van der Waals surface area (Å²) in [5, 5.41) is 5.73. The lowest BCUT2D eigenvalue weighted by molar-refractivity contribution is -0.116. The molecule has 3 aromatic rings. The number of rotatable bonds is 7. The lowest BCUT2D eigenvalue weighted by Gasteiger charge is -2.08. The molecule has 3 aromatic carbocycles. The van der Waals surface area contributed by atoms with Gasteiger partial charge in [0.1, 0.15) is 0 Å². The third-order valence-corrected chi connectivity index (χ3v) is 4.35. The lowest BCUT2D eigenvalue weighted by atomic mass is 10.1. The minimum Gasteiger partial charge on any atom is -0.399 e. The highest BCUT2D eigenvalue weighted by molar-refractivity contribution is 5.95. The number of hydrogen-bond acceptors (Lipinski definition) is 3. The van der Waals surface area contributed by atoms with Crippen molar-refractivity contribution in [2.24, 2.45) is 0 Å². The van der Waals surface area contributed by atoms with Crippen molar-refractivity contribution in [3.05, 3.63) is 95.6 Å². The van der Waals surface area contributed by atoms with Crippen LogP contribution in [-0.4, -0.2) is 11.8 Å². The minimum atomic E-state index is -0.148. The number of amides is 2. The second-order valence-corrected chi connectivity index (χ2v) is 6.54. The van der Waals surface area contributed by atoms with Gasteiger partial charge < -0.3 is 16.4 Å². The summed E-state index contributed by atoms with van der Waals surface area (Å²) in [7, 11) is 0. The number of nitrogens with one attached hydrogen (secondary N) is 2. The molecule has 0 radical (unpaired) electrons. The van der Waals surface area contributed by atoms with E-state index >= 15 is 0 Å². The van der Waals surface area contributed by atoms with Crippen molar-refractivity contribution in [1.29, 1.82) is 0 Å². The molecule has 2 amide bonds. The Morgan fingerprint density at radius 1 is 0.786 bits per heavy atom. The molecule has 28 heavy (non-hydrogen) atoms. The maximum absolute atomic E-state index is 12.2. The third kappa shape index (κ3) is 5.71. The summed E-state index contributed by atoms with van der Waals surface area (Å²) < 4.78 is 0. The van der Waals surface area contributed by atoms with Crippen LogP contribution in [0, 0.1) is 0 Å². The highest BCUT2D eigenvalue weighted by Crippen LogP contribution is 2.12. The Morgan fingerprint density at radius 2 is 1.46 bits per heavy atom. The van der Waals surface area contributed by atoms with Gasteiger partial charge in [0.25, 0.3) is 5.91 Å². The molecule has 0 spiro atoms. The van der Waals surface area contributed by atoms with Gasteiger partial charge in [-0.05, 0) is 53.9 Å². The van der Waals surface area contributed by atoms with Crippen LogP contribution >= 0.6 is 0 Å². The molecule has 0 heterocycles. The number of carbonyl (C=O) groups excluding carboxylic acids is 2. The first-order valence-corrected chi connectivity index (χ1v) is 9.16. The van der Waals surface area contributed by atoms with E-state index in [2.05, 4.69) is 10.6 Å². The van der Waals surface area contributed by atoms with Gasteiger partial charge in [-0.2, -0.15) is 0 Å². The normalized spacial score (nSPS) is 10.3. The van der Waals surface area contributed by atoms with E-state index in [0.717, 1.165) is 11.1 Å². The molecule has 0 saturated heterocycles. The number of carbonyl (C=O) groups is 2. The predicted molar refractivity (Wildman–Crippen MR) is 112 cm³/mol. The molecular weight excluding hydrogens is 350 g/mol. The molecule has 4 N–H and O–H groups in total. The van der Waals surface area contributed by atoms with Gasteiger partial charge in [0, 0.05) is 29.9 Å². The Kier molecular flexibility index (Phi) is 6.41. The molecule has 0 bridgehead atoms. The largest absolute Gasteiger partial charge is 0.399 e. The van der Waals surface area contributed by atoms with Crippen LogP contribution in [0.15, 0.2) is 78.9 Å². The Labute approximate surface area is 164 Å². The summed E-state index contributed by atoms with van der Waals surface area (Å²) in [6.45, 7) is 0.475. The van der Waals surface area contributed by atoms with E-state index in [9.17, 15) is 9.59 Å². The monoisotopic (exact) mass is 373 g/mol. The molecule has 0 atom stereocenters. The van der Waals surface area contributed by atoms with E-state index in [4.69, 9.17) is 5.73 Å². The number of anilines is 2. The van der Waals surface area contributed by atoms with Crippen LogP contribution < -0.4 is 16.4 Å². The average molecular weight is 373 g/mol. The molecule has 0 aromatic heterocycles. The predicted octanol–water partition coefficient (Wildman–Crippen LogP) is 3.77. The Morgan fingerprint density at radius 3 is 2.14 bits per heavy atom. The Balaban J connectivity index is 1.47. The first kappa shape index (κ1) is 19.2. The summed E-state index contributed by atoms with van der Waals surface area (Å²) in [5.41, 5.74) is 9.70. The summed E-state index contributed by atoms with van der Waals surface area (Å²) in [6.07, 6.45) is 1.02. The minimum absolute atomic E-state index is 0.0712. The molecule has 0 aliphatic rings. The summed E-state index contributed by atoms with van der Waals surface area (Å²) >= 11 is 0. The van der Waals surface area contributed by atoms with Crippen LogP contribution in [0.2, 0.25) is 0 Å². The Bertz CT molecular complexity index is 920. The van der Waals surface area contributed by atoms with E-state index in [-0.39, 0.29) is 11.8 Å². The lowest BCUT2D eigenvalue weighted by Crippen LogP contribution is -2.22. The van der Waals surface area contributed by atoms with Crippen LogP contribution in [0.4, 0.5) is 11.4 Å². The highest BCUT2D eigenvalue weighted by atomic mass is 16.2. The summed E-state index contributed by atoms with van der Waals surface area (Å²) in [4.78, 5) is 24.3. The number of nitrogen functional groups attached to an aromatic ring is 1. The maximum atomic E-state index is 12.2. The fraction of sp³-hybridized carbons (Fsp3) is 0.130. The van der Waals surface area contributed by atoms with E-state index < -0.39 is 0 Å². The van der Waals surface area contributed by atoms with Gasteiger partial charge >= 0.3 is 0 Å². The first-order chi connectivity index (χ1) is 13.6. The van der Waals surface area contributed by atoms with Crippen molar-refractivity contribution >= 4 is 23.2 Å². The van der Waals surface area contributed by atoms with Gasteiger partial charge in [0.2, 0.25) is 5.91 Å². The van der Waals surface area contributed by atoms with Gasteiger partial charge in [0.15, 0.2) is 0 Å². The van der Waals surface area contributed by atoms with Gasteiger partial charge in [-0.15, -0.1) is 0 Å². The van der Waals surface area contributed by atoms with Crippen LogP contribution in [-0.2, 0) is 17.8 Å². The zero-order valence-electron chi connectivity index (χ0n) is 15.5. The first-order valence-electron chi connectivity index (χ1n) is 9.16. The summed E-state index contributed by atoms with van der Waals surface area (Å²) in [6, 6.07) is 24.1. The number of hydrogen-bond donors (Lipinski definition) is 3.